The van der Waals surface area contributed by atoms with Crippen molar-refractivity contribution in [3.05, 3.63) is 35.5 Å². The van der Waals surface area contributed by atoms with Crippen LogP contribution >= 0.6 is 0 Å². The second-order valence-electron chi connectivity index (χ2n) is 11.4. The number of methoxy groups -OCH3 is 1. The number of nitrogens with two attached hydrogens (primary N) is 1. The Morgan fingerprint density at radius 1 is 1.13 bits per heavy atom. The van der Waals surface area contributed by atoms with E-state index in [1.54, 1.807) is 13.3 Å². The van der Waals surface area contributed by atoms with Gasteiger partial charge in [0.15, 0.2) is 5.82 Å². The molecule has 2 aliphatic heterocycles. The molecule has 0 radical (unpaired) electrons. The minimum absolute atomic E-state index is 0.0914. The van der Waals surface area contributed by atoms with E-state index in [2.05, 4.69) is 69.2 Å². The number of nitrogen functional groups attached to an aromatic ring is 1. The van der Waals surface area contributed by atoms with Gasteiger partial charge in [0.25, 0.3) is 0 Å². The lowest BCUT2D eigenvalue weighted by atomic mass is 9.72. The number of aliphatic hydroxyl groups is 1. The van der Waals surface area contributed by atoms with Crippen molar-refractivity contribution in [1.82, 2.24) is 29.5 Å². The van der Waals surface area contributed by atoms with Crippen LogP contribution in [0, 0.1) is 5.41 Å². The molecule has 0 saturated carbocycles. The minimum Gasteiger partial charge on any atom is -0.496 e. The van der Waals surface area contributed by atoms with E-state index >= 15 is 0 Å². The molecule has 4 heterocycles. The molecular weight excluding hydrogens is 480 g/mol. The summed E-state index contributed by atoms with van der Waals surface area (Å²) in [5.41, 5.74) is 10.3. The molecule has 4 N–H and O–H groups in total. The molecule has 2 saturated heterocycles. The number of aromatic nitrogens is 4. The summed E-state index contributed by atoms with van der Waals surface area (Å²) in [4.78, 5) is 14.0. The Morgan fingerprint density at radius 3 is 2.61 bits per heavy atom. The van der Waals surface area contributed by atoms with Crippen LogP contribution in [0.5, 0.6) is 5.75 Å². The topological polar surface area (TPSA) is 118 Å². The van der Waals surface area contributed by atoms with Crippen LogP contribution in [0.2, 0.25) is 0 Å². The monoisotopic (exact) mass is 522 g/mol. The van der Waals surface area contributed by atoms with Gasteiger partial charge in [-0.05, 0) is 38.3 Å². The summed E-state index contributed by atoms with van der Waals surface area (Å²) >= 11 is 0. The summed E-state index contributed by atoms with van der Waals surface area (Å²) in [6, 6.07) is 7.22. The average Bonchev–Trinajstić information content (AvgIpc) is 3.23. The molecule has 2 fully saturated rings. The lowest BCUT2D eigenvalue weighted by molar-refractivity contribution is -0.128. The molecule has 2 aromatic heterocycles. The van der Waals surface area contributed by atoms with Crippen molar-refractivity contribution in [1.29, 1.82) is 0 Å². The van der Waals surface area contributed by atoms with Crippen molar-refractivity contribution in [2.75, 3.05) is 50.9 Å². The van der Waals surface area contributed by atoms with Gasteiger partial charge in [-0.1, -0.05) is 25.5 Å². The number of hydrogen-bond donors (Lipinski definition) is 3. The van der Waals surface area contributed by atoms with Crippen LogP contribution in [0.25, 0.3) is 11.0 Å². The molecule has 5 rings (SSSR count). The zero-order chi connectivity index (χ0) is 26.9. The first kappa shape index (κ1) is 26.6. The average molecular weight is 523 g/mol. The number of nitrogens with zero attached hydrogens (tertiary/aromatic N) is 6. The van der Waals surface area contributed by atoms with Crippen LogP contribution in [0.4, 0.5) is 11.8 Å². The molecule has 0 amide bonds. The van der Waals surface area contributed by atoms with Crippen LogP contribution in [0.3, 0.4) is 0 Å². The third kappa shape index (κ3) is 5.43. The molecule has 206 valence electrons. The lowest BCUT2D eigenvalue weighted by Crippen LogP contribution is -2.72. The van der Waals surface area contributed by atoms with Crippen LogP contribution in [-0.4, -0.2) is 86.6 Å². The van der Waals surface area contributed by atoms with Crippen LogP contribution in [0.1, 0.15) is 51.2 Å². The smallest absolute Gasteiger partial charge is 0.222 e. The number of likely N-dealkylation sites (tertiary alicyclic amines) is 2. The molecule has 10 heteroatoms. The van der Waals surface area contributed by atoms with E-state index in [-0.39, 0.29) is 18.6 Å². The highest BCUT2D eigenvalue weighted by molar-refractivity contribution is 5.86. The molecule has 3 aromatic rings. The molecule has 38 heavy (non-hydrogen) atoms. The maximum Gasteiger partial charge on any atom is 0.222 e. The zero-order valence-corrected chi connectivity index (χ0v) is 23.2. The van der Waals surface area contributed by atoms with Crippen molar-refractivity contribution in [2.45, 2.75) is 65.2 Å². The van der Waals surface area contributed by atoms with Gasteiger partial charge in [0, 0.05) is 62.4 Å². The standard InChI is InChI=1S/C28H42N8O2/c1-5-6-22(9-10-37)31-26-25-23(32-27(29)33-26)12-30-36(25)14-21-8-7-20(11-24(21)38-4)13-34-15-28(16-34)17-35(18-28)19(2)3/h7-8,11-12,19,22,37H,5-6,9-10,13-18H2,1-4H3,(H3,29,31,32,33)/t22-/m0/s1. The number of ether oxygens (including phenoxy) is 1. The molecule has 1 aromatic carbocycles. The highest BCUT2D eigenvalue weighted by atomic mass is 16.5. The molecule has 2 aliphatic rings. The predicted octanol–water partition coefficient (Wildman–Crippen LogP) is 2.95. The minimum atomic E-state index is 0.0914. The van der Waals surface area contributed by atoms with E-state index in [0.717, 1.165) is 36.2 Å². The third-order valence-electron chi connectivity index (χ3n) is 7.96. The molecule has 0 bridgehead atoms. The van der Waals surface area contributed by atoms with Crippen molar-refractivity contribution in [3.8, 4) is 5.75 Å². The van der Waals surface area contributed by atoms with E-state index < -0.39 is 0 Å². The first-order chi connectivity index (χ1) is 18.3. The van der Waals surface area contributed by atoms with Gasteiger partial charge < -0.3 is 20.9 Å². The third-order valence-corrected chi connectivity index (χ3v) is 7.96. The number of rotatable bonds is 12. The Morgan fingerprint density at radius 2 is 1.92 bits per heavy atom. The summed E-state index contributed by atoms with van der Waals surface area (Å²) in [5.74, 6) is 1.70. The van der Waals surface area contributed by atoms with E-state index in [4.69, 9.17) is 10.5 Å². The second-order valence-corrected chi connectivity index (χ2v) is 11.4. The molecule has 1 spiro atoms. The van der Waals surface area contributed by atoms with E-state index in [1.807, 2.05) is 4.68 Å². The SMILES string of the molecule is CCC[C@@H](CCO)Nc1nc(N)nc2cnn(Cc3ccc(CN4CC5(C4)CN(C(C)C)C5)cc3OC)c12. The number of nitrogens with one attached hydrogen (secondary N) is 1. The highest BCUT2D eigenvalue weighted by Crippen LogP contribution is 2.41. The fourth-order valence-corrected chi connectivity index (χ4v) is 6.06. The van der Waals surface area contributed by atoms with Gasteiger partial charge in [-0.2, -0.15) is 10.1 Å². The van der Waals surface area contributed by atoms with Crippen LogP contribution in [-0.2, 0) is 13.1 Å². The normalized spacial score (nSPS) is 18.1. The molecular formula is C28H42N8O2. The van der Waals surface area contributed by atoms with Gasteiger partial charge >= 0.3 is 0 Å². The zero-order valence-electron chi connectivity index (χ0n) is 23.2. The van der Waals surface area contributed by atoms with Crippen molar-refractivity contribution in [3.63, 3.8) is 0 Å². The number of hydrogen-bond acceptors (Lipinski definition) is 9. The van der Waals surface area contributed by atoms with Gasteiger partial charge in [-0.15, -0.1) is 0 Å². The maximum atomic E-state index is 9.51. The van der Waals surface area contributed by atoms with E-state index in [9.17, 15) is 5.11 Å². The summed E-state index contributed by atoms with van der Waals surface area (Å²) < 4.78 is 7.71. The first-order valence-corrected chi connectivity index (χ1v) is 13.8. The number of fused-ring (bicyclic) bond motifs is 1. The quantitative estimate of drug-likeness (QED) is 0.330. The summed E-state index contributed by atoms with van der Waals surface area (Å²) in [7, 11) is 1.72. The molecule has 0 unspecified atom stereocenters. The lowest BCUT2D eigenvalue weighted by Gasteiger charge is -2.61. The van der Waals surface area contributed by atoms with Gasteiger partial charge in [0.05, 0.1) is 19.9 Å². The second kappa shape index (κ2) is 11.0. The molecule has 10 nitrogen and oxygen atoms in total. The summed E-state index contributed by atoms with van der Waals surface area (Å²) in [6.45, 7) is 13.1. The Kier molecular flexibility index (Phi) is 7.74. The highest BCUT2D eigenvalue weighted by Gasteiger charge is 2.51. The van der Waals surface area contributed by atoms with E-state index in [0.29, 0.717) is 35.8 Å². The summed E-state index contributed by atoms with van der Waals surface area (Å²) in [5, 5.41) is 17.6. The Hall–Kier alpha value is -2.95. The molecule has 1 atom stereocenters. The first-order valence-electron chi connectivity index (χ1n) is 13.8. The molecule has 0 aliphatic carbocycles. The number of anilines is 2. The predicted molar refractivity (Wildman–Crippen MR) is 150 cm³/mol. The van der Waals surface area contributed by atoms with Gasteiger partial charge in [-0.3, -0.25) is 14.5 Å². The Bertz CT molecular complexity index is 1240. The number of aliphatic hydroxyl groups excluding tert-OH is 1. The van der Waals surface area contributed by atoms with Gasteiger partial charge in [0.1, 0.15) is 16.8 Å². The Balaban J connectivity index is 1.30. The van der Waals surface area contributed by atoms with Crippen LogP contribution < -0.4 is 15.8 Å². The largest absolute Gasteiger partial charge is 0.496 e. The van der Waals surface area contributed by atoms with Gasteiger partial charge in [0.2, 0.25) is 5.95 Å². The fourth-order valence-electron chi connectivity index (χ4n) is 6.06. The van der Waals surface area contributed by atoms with Crippen molar-refractivity contribution < 1.29 is 9.84 Å². The summed E-state index contributed by atoms with van der Waals surface area (Å²) in [6.07, 6.45) is 4.28. The van der Waals surface area contributed by atoms with Crippen molar-refractivity contribution in [2.24, 2.45) is 5.41 Å². The maximum absolute atomic E-state index is 9.51. The van der Waals surface area contributed by atoms with Crippen molar-refractivity contribution >= 4 is 22.8 Å². The Labute approximate surface area is 225 Å². The van der Waals surface area contributed by atoms with Gasteiger partial charge in [-0.25, -0.2) is 4.98 Å². The fraction of sp³-hybridized carbons (Fsp3) is 0.607. The van der Waals surface area contributed by atoms with Crippen LogP contribution in [0.15, 0.2) is 24.4 Å². The van der Waals surface area contributed by atoms with E-state index in [1.165, 1.54) is 31.7 Å². The number of benzene rings is 1.